The molecule has 4 heterocycles. The van der Waals surface area contributed by atoms with E-state index in [-0.39, 0.29) is 17.1 Å². The SMILES string of the molecule is C=CCOc1ccc(-n2c(=O)c3cnc(Nc4ccc5c(c4)CN(C(=O)OC(C)(C)C)CC54CC4)nc3n3ccnc23)c(C)c1. The van der Waals surface area contributed by atoms with Crippen molar-refractivity contribution < 1.29 is 14.3 Å². The Balaban J connectivity index is 1.21. The van der Waals surface area contributed by atoms with Crippen molar-refractivity contribution in [2.45, 2.75) is 58.1 Å². The van der Waals surface area contributed by atoms with Crippen LogP contribution < -0.4 is 15.6 Å². The summed E-state index contributed by atoms with van der Waals surface area (Å²) in [6.45, 7) is 12.8. The van der Waals surface area contributed by atoms with E-state index >= 15 is 0 Å². The summed E-state index contributed by atoms with van der Waals surface area (Å²) in [6.07, 6.45) is 8.45. The van der Waals surface area contributed by atoms with Gasteiger partial charge in [0.15, 0.2) is 5.65 Å². The number of carbonyl (C=O) groups excluding carboxylic acids is 1. The standard InChI is InChI=1S/C34H35N7O4/c1-6-15-44-24-8-10-27(21(2)16-24)41-29(42)25-18-36-30(38-28(25)40-14-13-35-31(40)41)37-23-7-9-26-22(17-23)19-39(20-34(26)11-12-34)32(43)45-33(3,4)5/h6-10,13-14,16-18H,1,11-12,15,19-20H2,2-5H3,(H,36,37,38). The minimum Gasteiger partial charge on any atom is -0.490 e. The van der Waals surface area contributed by atoms with Crippen LogP contribution in [0.3, 0.4) is 0 Å². The van der Waals surface area contributed by atoms with E-state index in [0.717, 1.165) is 29.7 Å². The number of aryl methyl sites for hydroxylation is 1. The Morgan fingerprint density at radius 2 is 1.98 bits per heavy atom. The first-order valence-electron chi connectivity index (χ1n) is 15.0. The monoisotopic (exact) mass is 605 g/mol. The van der Waals surface area contributed by atoms with Crippen molar-refractivity contribution >= 4 is 34.5 Å². The van der Waals surface area contributed by atoms with E-state index in [4.69, 9.17) is 14.5 Å². The number of amides is 1. The summed E-state index contributed by atoms with van der Waals surface area (Å²) in [5.41, 5.74) is 4.29. The number of ether oxygens (including phenoxy) is 2. The third-order valence-corrected chi connectivity index (χ3v) is 8.32. The van der Waals surface area contributed by atoms with Crippen molar-refractivity contribution in [1.29, 1.82) is 0 Å². The van der Waals surface area contributed by atoms with E-state index in [1.165, 1.54) is 5.56 Å². The summed E-state index contributed by atoms with van der Waals surface area (Å²) in [5, 5.41) is 3.66. The highest BCUT2D eigenvalue weighted by Gasteiger charge is 2.50. The number of nitrogens with one attached hydrogen (secondary N) is 1. The molecule has 1 aliphatic heterocycles. The topological polar surface area (TPSA) is 116 Å². The predicted octanol–water partition coefficient (Wildman–Crippen LogP) is 5.83. The lowest BCUT2D eigenvalue weighted by Crippen LogP contribution is -2.44. The molecule has 0 radical (unpaired) electrons. The van der Waals surface area contributed by atoms with Gasteiger partial charge in [0.05, 0.1) is 5.69 Å². The Bertz CT molecular complexity index is 2050. The fourth-order valence-corrected chi connectivity index (χ4v) is 6.14. The summed E-state index contributed by atoms with van der Waals surface area (Å²) < 4.78 is 14.7. The summed E-state index contributed by atoms with van der Waals surface area (Å²) in [5.74, 6) is 1.47. The number of aromatic nitrogens is 5. The molecule has 1 fully saturated rings. The van der Waals surface area contributed by atoms with Gasteiger partial charge in [-0.25, -0.2) is 19.3 Å². The predicted molar refractivity (Wildman–Crippen MR) is 172 cm³/mol. The van der Waals surface area contributed by atoms with Crippen molar-refractivity contribution in [2.24, 2.45) is 0 Å². The van der Waals surface area contributed by atoms with Crippen molar-refractivity contribution in [3.8, 4) is 11.4 Å². The van der Waals surface area contributed by atoms with Crippen LogP contribution in [0.5, 0.6) is 5.75 Å². The van der Waals surface area contributed by atoms with Gasteiger partial charge < -0.3 is 19.7 Å². The summed E-state index contributed by atoms with van der Waals surface area (Å²) in [4.78, 5) is 42.4. The number of anilines is 2. The van der Waals surface area contributed by atoms with Crippen LogP contribution in [0.15, 0.2) is 72.4 Å². The van der Waals surface area contributed by atoms with Crippen LogP contribution in [0.4, 0.5) is 16.4 Å². The van der Waals surface area contributed by atoms with E-state index in [2.05, 4.69) is 34.0 Å². The second-order valence-corrected chi connectivity index (χ2v) is 12.8. The number of rotatable bonds is 6. The smallest absolute Gasteiger partial charge is 0.410 e. The molecule has 0 bridgehead atoms. The number of benzene rings is 2. The second-order valence-electron chi connectivity index (χ2n) is 12.8. The van der Waals surface area contributed by atoms with Crippen LogP contribution in [-0.4, -0.2) is 53.7 Å². The van der Waals surface area contributed by atoms with E-state index in [9.17, 15) is 9.59 Å². The van der Waals surface area contributed by atoms with Gasteiger partial charge >= 0.3 is 6.09 Å². The maximum atomic E-state index is 13.8. The van der Waals surface area contributed by atoms with Gasteiger partial charge in [0, 0.05) is 42.8 Å². The van der Waals surface area contributed by atoms with E-state index in [0.29, 0.717) is 53.9 Å². The normalized spacial score (nSPS) is 15.2. The van der Waals surface area contributed by atoms with Gasteiger partial charge in [-0.1, -0.05) is 18.7 Å². The molecule has 1 aliphatic carbocycles. The van der Waals surface area contributed by atoms with Crippen molar-refractivity contribution in [3.63, 3.8) is 0 Å². The zero-order valence-electron chi connectivity index (χ0n) is 25.8. The highest BCUT2D eigenvalue weighted by molar-refractivity contribution is 5.78. The molecule has 0 saturated heterocycles. The molecule has 2 aliphatic rings. The quantitative estimate of drug-likeness (QED) is 0.241. The third-order valence-electron chi connectivity index (χ3n) is 8.32. The minimum absolute atomic E-state index is 0.00725. The lowest BCUT2D eigenvalue weighted by atomic mass is 9.87. The number of carbonyl (C=O) groups is 1. The molecule has 2 aromatic carbocycles. The Morgan fingerprint density at radius 1 is 1.16 bits per heavy atom. The maximum absolute atomic E-state index is 13.8. The summed E-state index contributed by atoms with van der Waals surface area (Å²) in [6, 6.07) is 11.8. The molecule has 0 unspecified atom stereocenters. The van der Waals surface area contributed by atoms with Gasteiger partial charge in [-0.15, -0.1) is 0 Å². The molecule has 1 saturated carbocycles. The third kappa shape index (κ3) is 5.17. The van der Waals surface area contributed by atoms with Gasteiger partial charge in [-0.3, -0.25) is 9.20 Å². The van der Waals surface area contributed by atoms with Crippen molar-refractivity contribution in [3.05, 3.63) is 94.7 Å². The van der Waals surface area contributed by atoms with E-state index in [1.807, 2.05) is 52.0 Å². The number of fused-ring (bicyclic) bond motifs is 5. The molecule has 1 N–H and O–H groups in total. The Labute approximate surface area is 260 Å². The fourth-order valence-electron chi connectivity index (χ4n) is 6.14. The number of hydrogen-bond donors (Lipinski definition) is 1. The number of nitrogens with zero attached hydrogens (tertiary/aromatic N) is 6. The molecule has 1 amide bonds. The first-order chi connectivity index (χ1) is 21.5. The molecular formula is C34H35N7O4. The highest BCUT2D eigenvalue weighted by atomic mass is 16.6. The number of hydrogen-bond acceptors (Lipinski definition) is 8. The average Bonchev–Trinajstić information content (AvgIpc) is 3.58. The van der Waals surface area contributed by atoms with Crippen LogP contribution in [0, 0.1) is 6.92 Å². The molecule has 11 heteroatoms. The van der Waals surface area contributed by atoms with Gasteiger partial charge in [0.1, 0.15) is 23.3 Å². The van der Waals surface area contributed by atoms with Crippen molar-refractivity contribution in [2.75, 3.05) is 18.5 Å². The molecule has 7 rings (SSSR count). The molecule has 230 valence electrons. The van der Waals surface area contributed by atoms with Gasteiger partial charge in [-0.2, -0.15) is 4.98 Å². The first kappa shape index (κ1) is 28.6. The second kappa shape index (κ2) is 10.5. The molecule has 1 spiro atoms. The van der Waals surface area contributed by atoms with Crippen LogP contribution in [0.25, 0.3) is 22.5 Å². The molecule has 11 nitrogen and oxygen atoms in total. The zero-order valence-corrected chi connectivity index (χ0v) is 25.8. The van der Waals surface area contributed by atoms with Crippen LogP contribution in [0.2, 0.25) is 0 Å². The minimum atomic E-state index is -0.557. The molecule has 5 aromatic rings. The van der Waals surface area contributed by atoms with Crippen LogP contribution >= 0.6 is 0 Å². The van der Waals surface area contributed by atoms with Crippen molar-refractivity contribution in [1.82, 2.24) is 28.8 Å². The zero-order chi connectivity index (χ0) is 31.5. The van der Waals surface area contributed by atoms with Crippen LogP contribution in [-0.2, 0) is 16.7 Å². The summed E-state index contributed by atoms with van der Waals surface area (Å²) in [7, 11) is 0. The molecule has 3 aromatic heterocycles. The first-order valence-corrected chi connectivity index (χ1v) is 15.0. The number of imidazole rings is 1. The highest BCUT2D eigenvalue weighted by Crippen LogP contribution is 2.53. The van der Waals surface area contributed by atoms with Gasteiger partial charge in [-0.05, 0) is 87.6 Å². The lowest BCUT2D eigenvalue weighted by molar-refractivity contribution is 0.0197. The molecule has 0 atom stereocenters. The van der Waals surface area contributed by atoms with E-state index in [1.54, 1.807) is 38.5 Å². The molecular weight excluding hydrogens is 570 g/mol. The van der Waals surface area contributed by atoms with E-state index < -0.39 is 5.60 Å². The Kier molecular flexibility index (Phi) is 6.65. The Hall–Kier alpha value is -5.19. The van der Waals surface area contributed by atoms with Gasteiger partial charge in [0.2, 0.25) is 11.7 Å². The fraction of sp³-hybridized carbons (Fsp3) is 0.324. The Morgan fingerprint density at radius 3 is 2.71 bits per heavy atom. The summed E-state index contributed by atoms with van der Waals surface area (Å²) >= 11 is 0. The maximum Gasteiger partial charge on any atom is 0.410 e. The van der Waals surface area contributed by atoms with Gasteiger partial charge in [0.25, 0.3) is 5.56 Å². The lowest BCUT2D eigenvalue weighted by Gasteiger charge is -2.36. The van der Waals surface area contributed by atoms with Crippen LogP contribution in [0.1, 0.15) is 50.3 Å². The molecule has 45 heavy (non-hydrogen) atoms. The average molecular weight is 606 g/mol. The largest absolute Gasteiger partial charge is 0.490 e.